The highest BCUT2D eigenvalue weighted by Crippen LogP contribution is 2.29. The second-order valence-corrected chi connectivity index (χ2v) is 9.53. The van der Waals surface area contributed by atoms with Gasteiger partial charge in [0, 0.05) is 41.3 Å². The number of hydrogen-bond acceptors (Lipinski definition) is 5. The lowest BCUT2D eigenvalue weighted by Crippen LogP contribution is -2.35. The molecule has 0 fully saturated rings. The van der Waals surface area contributed by atoms with Gasteiger partial charge >= 0.3 is 5.97 Å². The summed E-state index contributed by atoms with van der Waals surface area (Å²) in [6.07, 6.45) is 0.258. The predicted molar refractivity (Wildman–Crippen MR) is 149 cm³/mol. The minimum absolute atomic E-state index is 0.0886. The van der Waals surface area contributed by atoms with Crippen LogP contribution in [-0.2, 0) is 24.5 Å². The second-order valence-electron chi connectivity index (χ2n) is 9.10. The molecule has 0 heterocycles. The molecular formula is C31H30ClFN2O4. The van der Waals surface area contributed by atoms with Crippen LogP contribution in [-0.4, -0.2) is 28.6 Å². The molecule has 202 valence electrons. The van der Waals surface area contributed by atoms with Crippen molar-refractivity contribution in [2.24, 2.45) is 5.73 Å². The van der Waals surface area contributed by atoms with Crippen LogP contribution in [0.5, 0.6) is 17.2 Å². The number of carboxylic acids is 1. The number of benzene rings is 4. The average Bonchev–Trinajstić information content (AvgIpc) is 2.94. The highest BCUT2D eigenvalue weighted by molar-refractivity contribution is 6.30. The Hall–Kier alpha value is -3.91. The SMILES string of the molecule is NC(CCN(Cc1ccccc1OCc1ccccc1F)Cc1ccccc1Oc1ccc(Cl)cc1)C(=O)O. The third kappa shape index (κ3) is 8.29. The molecule has 1 atom stereocenters. The van der Waals surface area contributed by atoms with Crippen molar-refractivity contribution >= 4 is 17.6 Å². The van der Waals surface area contributed by atoms with Crippen molar-refractivity contribution in [1.82, 2.24) is 4.90 Å². The maximum atomic E-state index is 14.1. The molecule has 6 nitrogen and oxygen atoms in total. The first-order valence-electron chi connectivity index (χ1n) is 12.5. The van der Waals surface area contributed by atoms with Gasteiger partial charge in [-0.3, -0.25) is 9.69 Å². The van der Waals surface area contributed by atoms with Gasteiger partial charge in [0.25, 0.3) is 0 Å². The molecule has 0 aliphatic carbocycles. The van der Waals surface area contributed by atoms with E-state index in [-0.39, 0.29) is 18.8 Å². The minimum Gasteiger partial charge on any atom is -0.488 e. The van der Waals surface area contributed by atoms with Gasteiger partial charge in [0.1, 0.15) is 35.7 Å². The van der Waals surface area contributed by atoms with E-state index in [0.717, 1.165) is 11.1 Å². The Bertz CT molecular complexity index is 1380. The summed E-state index contributed by atoms with van der Waals surface area (Å²) in [7, 11) is 0. The van der Waals surface area contributed by atoms with Crippen molar-refractivity contribution in [2.45, 2.75) is 32.2 Å². The lowest BCUT2D eigenvalue weighted by atomic mass is 10.1. The molecule has 4 aromatic carbocycles. The number of nitrogens with zero attached hydrogens (tertiary/aromatic N) is 1. The van der Waals surface area contributed by atoms with Crippen LogP contribution in [0, 0.1) is 5.82 Å². The van der Waals surface area contributed by atoms with E-state index in [1.807, 2.05) is 48.5 Å². The minimum atomic E-state index is -1.05. The predicted octanol–water partition coefficient (Wildman–Crippen LogP) is 6.65. The number of rotatable bonds is 13. The van der Waals surface area contributed by atoms with E-state index < -0.39 is 12.0 Å². The third-order valence-electron chi connectivity index (χ3n) is 6.19. The summed E-state index contributed by atoms with van der Waals surface area (Å²) >= 11 is 6.01. The number of hydrogen-bond donors (Lipinski definition) is 2. The fourth-order valence-corrected chi connectivity index (χ4v) is 4.18. The van der Waals surface area contributed by atoms with Crippen molar-refractivity contribution in [3.63, 3.8) is 0 Å². The Morgan fingerprint density at radius 1 is 0.846 bits per heavy atom. The van der Waals surface area contributed by atoms with Gasteiger partial charge in [-0.1, -0.05) is 66.2 Å². The Morgan fingerprint density at radius 3 is 2.05 bits per heavy atom. The molecule has 0 aliphatic rings. The van der Waals surface area contributed by atoms with Crippen molar-refractivity contribution in [3.8, 4) is 17.2 Å². The van der Waals surface area contributed by atoms with Gasteiger partial charge in [0.05, 0.1) is 0 Å². The topological polar surface area (TPSA) is 85.0 Å². The van der Waals surface area contributed by atoms with Gasteiger partial charge in [-0.2, -0.15) is 0 Å². The molecule has 0 aliphatic heterocycles. The number of para-hydroxylation sites is 2. The second kappa shape index (κ2) is 13.8. The monoisotopic (exact) mass is 548 g/mol. The van der Waals surface area contributed by atoms with Gasteiger partial charge in [0.15, 0.2) is 0 Å². The standard InChI is InChI=1S/C31H30ClFN2O4/c32-25-13-15-26(16-14-25)39-30-12-6-3-8-23(30)20-35(18-17-28(34)31(36)37)19-22-7-2-5-11-29(22)38-21-24-9-1-4-10-27(24)33/h1-16,28H,17-21,34H2,(H,36,37). The van der Waals surface area contributed by atoms with Crippen molar-refractivity contribution in [1.29, 1.82) is 0 Å². The molecule has 0 aromatic heterocycles. The molecule has 0 radical (unpaired) electrons. The highest BCUT2D eigenvalue weighted by Gasteiger charge is 2.18. The molecule has 1 unspecified atom stereocenters. The van der Waals surface area contributed by atoms with E-state index in [0.29, 0.717) is 47.5 Å². The maximum absolute atomic E-state index is 14.1. The summed E-state index contributed by atoms with van der Waals surface area (Å²) in [4.78, 5) is 13.5. The lowest BCUT2D eigenvalue weighted by molar-refractivity contribution is -0.138. The molecule has 8 heteroatoms. The van der Waals surface area contributed by atoms with E-state index in [9.17, 15) is 14.3 Å². The fraction of sp³-hybridized carbons (Fsp3) is 0.194. The van der Waals surface area contributed by atoms with Crippen LogP contribution in [0.4, 0.5) is 4.39 Å². The van der Waals surface area contributed by atoms with Gasteiger partial charge in [0.2, 0.25) is 0 Å². The molecule has 3 N–H and O–H groups in total. The molecule has 0 saturated carbocycles. The summed E-state index contributed by atoms with van der Waals surface area (Å²) in [5.41, 5.74) is 8.09. The van der Waals surface area contributed by atoms with Crippen molar-refractivity contribution < 1.29 is 23.8 Å². The van der Waals surface area contributed by atoms with Crippen LogP contribution < -0.4 is 15.2 Å². The Balaban J connectivity index is 1.54. The number of aliphatic carboxylic acids is 1. The highest BCUT2D eigenvalue weighted by atomic mass is 35.5. The zero-order valence-corrected chi connectivity index (χ0v) is 22.1. The number of halogens is 2. The van der Waals surface area contributed by atoms with E-state index in [1.54, 1.807) is 42.5 Å². The van der Waals surface area contributed by atoms with Crippen LogP contribution in [0.15, 0.2) is 97.1 Å². The molecule has 0 spiro atoms. The Labute approximate surface area is 232 Å². The maximum Gasteiger partial charge on any atom is 0.320 e. The van der Waals surface area contributed by atoms with E-state index in [1.165, 1.54) is 6.07 Å². The molecular weight excluding hydrogens is 519 g/mol. The lowest BCUT2D eigenvalue weighted by Gasteiger charge is -2.25. The first kappa shape index (κ1) is 28.1. The quantitative estimate of drug-likeness (QED) is 0.194. The average molecular weight is 549 g/mol. The van der Waals surface area contributed by atoms with E-state index in [4.69, 9.17) is 26.8 Å². The van der Waals surface area contributed by atoms with Crippen molar-refractivity contribution in [3.05, 3.63) is 125 Å². The summed E-state index contributed by atoms with van der Waals surface area (Å²) in [6.45, 7) is 1.43. The van der Waals surface area contributed by atoms with E-state index in [2.05, 4.69) is 4.90 Å². The van der Waals surface area contributed by atoms with Crippen LogP contribution in [0.25, 0.3) is 0 Å². The van der Waals surface area contributed by atoms with Crippen molar-refractivity contribution in [2.75, 3.05) is 6.54 Å². The Kier molecular flexibility index (Phi) is 9.91. The zero-order valence-electron chi connectivity index (χ0n) is 21.3. The first-order valence-corrected chi connectivity index (χ1v) is 12.9. The normalized spacial score (nSPS) is 11.8. The fourth-order valence-electron chi connectivity index (χ4n) is 4.05. The molecule has 0 saturated heterocycles. The summed E-state index contributed by atoms with van der Waals surface area (Å²) in [5.74, 6) is 0.584. The van der Waals surface area contributed by atoms with Crippen LogP contribution in [0.2, 0.25) is 5.02 Å². The summed E-state index contributed by atoms with van der Waals surface area (Å²) in [6, 6.07) is 27.9. The third-order valence-corrected chi connectivity index (χ3v) is 6.44. The number of carboxylic acid groups (broad SMARTS) is 1. The van der Waals surface area contributed by atoms with Crippen LogP contribution in [0.3, 0.4) is 0 Å². The van der Waals surface area contributed by atoms with Gasteiger partial charge in [-0.05, 0) is 48.9 Å². The first-order chi connectivity index (χ1) is 18.9. The molecule has 39 heavy (non-hydrogen) atoms. The van der Waals surface area contributed by atoms with Crippen LogP contribution in [0.1, 0.15) is 23.1 Å². The smallest absolute Gasteiger partial charge is 0.320 e. The molecule has 0 amide bonds. The Morgan fingerprint density at radius 2 is 1.41 bits per heavy atom. The molecule has 0 bridgehead atoms. The van der Waals surface area contributed by atoms with E-state index >= 15 is 0 Å². The number of nitrogens with two attached hydrogens (primary N) is 1. The van der Waals surface area contributed by atoms with Gasteiger partial charge in [-0.25, -0.2) is 4.39 Å². The number of ether oxygens (including phenoxy) is 2. The van der Waals surface area contributed by atoms with Crippen LogP contribution >= 0.6 is 11.6 Å². The summed E-state index contributed by atoms with van der Waals surface area (Å²) in [5, 5.41) is 9.94. The molecule has 4 rings (SSSR count). The van der Waals surface area contributed by atoms with Gasteiger partial charge in [-0.15, -0.1) is 0 Å². The number of carbonyl (C=O) groups is 1. The largest absolute Gasteiger partial charge is 0.488 e. The zero-order chi connectivity index (χ0) is 27.6. The molecule has 4 aromatic rings. The summed E-state index contributed by atoms with van der Waals surface area (Å²) < 4.78 is 26.3. The van der Waals surface area contributed by atoms with Gasteiger partial charge < -0.3 is 20.3 Å².